The summed E-state index contributed by atoms with van der Waals surface area (Å²) in [5, 5.41) is 14.1. The van der Waals surface area contributed by atoms with Crippen molar-refractivity contribution in [3.8, 4) is 0 Å². The molecule has 0 saturated carbocycles. The quantitative estimate of drug-likeness (QED) is 0.811. The van der Waals surface area contributed by atoms with Gasteiger partial charge in [-0.1, -0.05) is 0 Å². The molecule has 1 rings (SSSR count). The highest BCUT2D eigenvalue weighted by Crippen LogP contribution is 2.29. The van der Waals surface area contributed by atoms with Crippen molar-refractivity contribution >= 4 is 15.9 Å². The molecule has 5 heteroatoms. The first-order valence-electron chi connectivity index (χ1n) is 4.03. The van der Waals surface area contributed by atoms with Gasteiger partial charge in [0.25, 0.3) is 0 Å². The lowest BCUT2D eigenvalue weighted by Crippen LogP contribution is -2.42. The van der Waals surface area contributed by atoms with E-state index in [9.17, 15) is 5.11 Å². The minimum atomic E-state index is -1.07. The molecule has 0 aromatic carbocycles. The molecule has 13 heavy (non-hydrogen) atoms. The third-order valence-electron chi connectivity index (χ3n) is 2.26. The Bertz CT molecular complexity index is 287. The summed E-state index contributed by atoms with van der Waals surface area (Å²) in [4.78, 5) is 0. The molecule has 2 atom stereocenters. The predicted octanol–water partition coefficient (Wildman–Crippen LogP) is 0.737. The third-order valence-corrected chi connectivity index (χ3v) is 2.84. The molecule has 0 aliphatic heterocycles. The van der Waals surface area contributed by atoms with E-state index in [1.807, 2.05) is 0 Å². The van der Waals surface area contributed by atoms with Gasteiger partial charge in [-0.25, -0.2) is 0 Å². The zero-order valence-corrected chi connectivity index (χ0v) is 9.54. The van der Waals surface area contributed by atoms with E-state index in [2.05, 4.69) is 21.0 Å². The summed E-state index contributed by atoms with van der Waals surface area (Å²) in [5.74, 6) is 0. The smallest absolute Gasteiger partial charge is 0.119 e. The van der Waals surface area contributed by atoms with Crippen LogP contribution in [0.25, 0.3) is 0 Å². The highest BCUT2D eigenvalue weighted by Gasteiger charge is 2.33. The largest absolute Gasteiger partial charge is 0.382 e. The average Bonchev–Trinajstić information content (AvgIpc) is 2.30. The van der Waals surface area contributed by atoms with Gasteiger partial charge < -0.3 is 10.8 Å². The van der Waals surface area contributed by atoms with Crippen molar-refractivity contribution < 1.29 is 5.11 Å². The lowest BCUT2D eigenvalue weighted by molar-refractivity contribution is 0.0261. The number of halogens is 1. The van der Waals surface area contributed by atoms with Gasteiger partial charge >= 0.3 is 0 Å². The summed E-state index contributed by atoms with van der Waals surface area (Å²) in [6, 6.07) is -0.348. The fourth-order valence-electron chi connectivity index (χ4n) is 1.20. The lowest BCUT2D eigenvalue weighted by atomic mass is 9.95. The van der Waals surface area contributed by atoms with Gasteiger partial charge in [0.2, 0.25) is 0 Å². The molecule has 3 N–H and O–H groups in total. The molecule has 1 aromatic heterocycles. The first-order valence-corrected chi connectivity index (χ1v) is 4.82. The topological polar surface area (TPSA) is 64.1 Å². The van der Waals surface area contributed by atoms with Crippen LogP contribution in [-0.4, -0.2) is 20.9 Å². The fraction of sp³-hybridized carbons (Fsp3) is 0.625. The number of nitrogens with zero attached hydrogens (tertiary/aromatic N) is 2. The van der Waals surface area contributed by atoms with E-state index in [1.54, 1.807) is 31.8 Å². The second kappa shape index (κ2) is 3.40. The molecular weight excluding hydrogens is 234 g/mol. The number of nitrogens with two attached hydrogens (primary N) is 1. The molecule has 4 nitrogen and oxygen atoms in total. The monoisotopic (exact) mass is 247 g/mol. The molecule has 0 bridgehead atoms. The molecular formula is C8H14BrN3O. The maximum Gasteiger partial charge on any atom is 0.119 e. The van der Waals surface area contributed by atoms with Crippen molar-refractivity contribution in [3.05, 3.63) is 16.4 Å². The van der Waals surface area contributed by atoms with Crippen molar-refractivity contribution in [1.29, 1.82) is 0 Å². The predicted molar refractivity (Wildman–Crippen MR) is 54.1 cm³/mol. The number of aromatic nitrogens is 2. The number of hydrogen-bond donors (Lipinski definition) is 2. The van der Waals surface area contributed by atoms with Crippen LogP contribution >= 0.6 is 15.9 Å². The van der Waals surface area contributed by atoms with Gasteiger partial charge in [-0.3, -0.25) is 4.68 Å². The molecule has 1 aromatic rings. The highest BCUT2D eigenvalue weighted by atomic mass is 79.9. The lowest BCUT2D eigenvalue weighted by Gasteiger charge is -2.28. The Morgan fingerprint density at radius 1 is 1.77 bits per heavy atom. The van der Waals surface area contributed by atoms with E-state index in [0.29, 0.717) is 5.69 Å². The van der Waals surface area contributed by atoms with E-state index >= 15 is 0 Å². The Labute approximate surface area is 85.9 Å². The summed E-state index contributed by atoms with van der Waals surface area (Å²) in [5.41, 5.74) is 5.32. The maximum absolute atomic E-state index is 10.1. The highest BCUT2D eigenvalue weighted by molar-refractivity contribution is 9.10. The first kappa shape index (κ1) is 10.7. The Morgan fingerprint density at radius 3 is 2.62 bits per heavy atom. The minimum Gasteiger partial charge on any atom is -0.382 e. The number of hydrogen-bond acceptors (Lipinski definition) is 3. The molecule has 1 heterocycles. The third kappa shape index (κ3) is 1.77. The van der Waals surface area contributed by atoms with Crippen molar-refractivity contribution in [2.45, 2.75) is 25.5 Å². The molecule has 0 saturated heterocycles. The molecule has 74 valence electrons. The Kier molecular flexibility index (Phi) is 2.79. The van der Waals surface area contributed by atoms with Crippen LogP contribution in [-0.2, 0) is 12.6 Å². The summed E-state index contributed by atoms with van der Waals surface area (Å²) in [6.07, 6.45) is 1.65. The molecule has 2 unspecified atom stereocenters. The second-order valence-corrected chi connectivity index (χ2v) is 4.26. The van der Waals surface area contributed by atoms with Crippen molar-refractivity contribution in [2.75, 3.05) is 0 Å². The summed E-state index contributed by atoms with van der Waals surface area (Å²) in [7, 11) is 1.77. The summed E-state index contributed by atoms with van der Waals surface area (Å²) < 4.78 is 2.39. The van der Waals surface area contributed by atoms with Crippen LogP contribution in [0, 0.1) is 0 Å². The van der Waals surface area contributed by atoms with E-state index in [1.165, 1.54) is 0 Å². The standard InChI is InChI=1S/C8H14BrN3O/c1-5(10)8(2,13)7-6(9)4-11-12(7)3/h4-5,13H,10H2,1-3H3. The average molecular weight is 248 g/mol. The molecule has 0 aliphatic carbocycles. The molecule has 0 amide bonds. The van der Waals surface area contributed by atoms with Crippen LogP contribution in [0.1, 0.15) is 19.5 Å². The zero-order chi connectivity index (χ0) is 10.2. The van der Waals surface area contributed by atoms with Crippen LogP contribution in [0.4, 0.5) is 0 Å². The number of rotatable bonds is 2. The van der Waals surface area contributed by atoms with E-state index in [0.717, 1.165) is 4.47 Å². The maximum atomic E-state index is 10.1. The number of aryl methyl sites for hydroxylation is 1. The zero-order valence-electron chi connectivity index (χ0n) is 7.95. The number of aliphatic hydroxyl groups is 1. The van der Waals surface area contributed by atoms with Crippen molar-refractivity contribution in [3.63, 3.8) is 0 Å². The van der Waals surface area contributed by atoms with Crippen molar-refractivity contribution in [2.24, 2.45) is 12.8 Å². The van der Waals surface area contributed by atoms with Gasteiger partial charge in [0.1, 0.15) is 5.60 Å². The van der Waals surface area contributed by atoms with Gasteiger partial charge in [-0.2, -0.15) is 5.10 Å². The first-order chi connectivity index (χ1) is 5.87. The van der Waals surface area contributed by atoms with Crippen LogP contribution in [0.15, 0.2) is 10.7 Å². The Hall–Kier alpha value is -0.390. The SMILES string of the molecule is CC(N)C(C)(O)c1c(Br)cnn1C. The second-order valence-electron chi connectivity index (χ2n) is 3.40. The Balaban J connectivity index is 3.20. The van der Waals surface area contributed by atoms with E-state index in [4.69, 9.17) is 5.73 Å². The van der Waals surface area contributed by atoms with Crippen LogP contribution in [0.5, 0.6) is 0 Å². The van der Waals surface area contributed by atoms with Gasteiger partial charge in [-0.05, 0) is 29.8 Å². The minimum absolute atomic E-state index is 0.348. The fourth-order valence-corrected chi connectivity index (χ4v) is 1.95. The van der Waals surface area contributed by atoms with Gasteiger partial charge in [0.15, 0.2) is 0 Å². The molecule has 0 fully saturated rings. The molecule has 0 aliphatic rings. The Morgan fingerprint density at radius 2 is 2.31 bits per heavy atom. The van der Waals surface area contributed by atoms with Crippen LogP contribution in [0.3, 0.4) is 0 Å². The van der Waals surface area contributed by atoms with Crippen LogP contribution in [0.2, 0.25) is 0 Å². The van der Waals surface area contributed by atoms with E-state index in [-0.39, 0.29) is 6.04 Å². The van der Waals surface area contributed by atoms with E-state index < -0.39 is 5.60 Å². The van der Waals surface area contributed by atoms with Crippen molar-refractivity contribution in [1.82, 2.24) is 9.78 Å². The van der Waals surface area contributed by atoms with Gasteiger partial charge in [-0.15, -0.1) is 0 Å². The van der Waals surface area contributed by atoms with Gasteiger partial charge in [0.05, 0.1) is 16.4 Å². The normalized spacial score (nSPS) is 18.3. The summed E-state index contributed by atoms with van der Waals surface area (Å²) in [6.45, 7) is 3.44. The molecule has 0 radical (unpaired) electrons. The van der Waals surface area contributed by atoms with Crippen LogP contribution < -0.4 is 5.73 Å². The summed E-state index contributed by atoms with van der Waals surface area (Å²) >= 11 is 3.32. The van der Waals surface area contributed by atoms with Gasteiger partial charge in [0, 0.05) is 13.1 Å². The molecule has 0 spiro atoms.